The molecule has 1 heterocycles. The molecule has 1 fully saturated rings. The van der Waals surface area contributed by atoms with Gasteiger partial charge in [-0.05, 0) is 30.6 Å². The third-order valence-corrected chi connectivity index (χ3v) is 5.79. The van der Waals surface area contributed by atoms with Gasteiger partial charge in [0.2, 0.25) is 0 Å². The zero-order valence-electron chi connectivity index (χ0n) is 12.0. The summed E-state index contributed by atoms with van der Waals surface area (Å²) in [7, 11) is -4.17. The molecule has 0 radical (unpaired) electrons. The number of aromatic amines is 1. The fraction of sp³-hybridized carbons (Fsp3) is 0.533. The number of rotatable bonds is 1. The molecule has 1 saturated carbocycles. The summed E-state index contributed by atoms with van der Waals surface area (Å²) in [6.45, 7) is 6.04. The third kappa shape index (κ3) is 2.79. The van der Waals surface area contributed by atoms with Gasteiger partial charge in [0, 0.05) is 12.1 Å². The second kappa shape index (κ2) is 5.30. The van der Waals surface area contributed by atoms with E-state index in [1.54, 1.807) is 6.08 Å². The van der Waals surface area contributed by atoms with Crippen LogP contribution in [0.4, 0.5) is 0 Å². The Morgan fingerprint density at radius 3 is 2.15 bits per heavy atom. The van der Waals surface area contributed by atoms with Crippen LogP contribution in [0.1, 0.15) is 27.2 Å². The molecule has 0 aromatic carbocycles. The van der Waals surface area contributed by atoms with Crippen LogP contribution in [-0.2, 0) is 10.1 Å². The molecule has 4 nitrogen and oxygen atoms in total. The normalized spacial score (nSPS) is 30.4. The van der Waals surface area contributed by atoms with E-state index in [9.17, 15) is 13.0 Å². The van der Waals surface area contributed by atoms with Crippen LogP contribution in [0, 0.1) is 17.3 Å². The van der Waals surface area contributed by atoms with Gasteiger partial charge in [-0.15, -0.1) is 0 Å². The molecule has 0 amide bonds. The maximum absolute atomic E-state index is 11.1. The second-order valence-corrected chi connectivity index (χ2v) is 7.69. The Morgan fingerprint density at radius 1 is 1.25 bits per heavy atom. The van der Waals surface area contributed by atoms with Gasteiger partial charge in [0.05, 0.1) is 5.25 Å². The van der Waals surface area contributed by atoms with Gasteiger partial charge < -0.3 is 4.55 Å². The minimum Gasteiger partial charge on any atom is -0.747 e. The highest BCUT2D eigenvalue weighted by molar-refractivity contribution is 7.86. The third-order valence-electron chi connectivity index (χ3n) is 4.66. The number of pyridine rings is 1. The summed E-state index contributed by atoms with van der Waals surface area (Å²) in [5.74, 6) is 0.504. The number of hydrogen-bond acceptors (Lipinski definition) is 3. The summed E-state index contributed by atoms with van der Waals surface area (Å²) in [5.41, 5.74) is 1.06. The summed E-state index contributed by atoms with van der Waals surface area (Å²) in [4.78, 5) is 2.89. The molecule has 2 bridgehead atoms. The SMILES string of the molecule is CC1=C[C@H](S(=O)(=O)[O-])[C@@H]2C[C@H]1C2(C)C.c1cc[nH+]cc1. The summed E-state index contributed by atoms with van der Waals surface area (Å²) < 4.78 is 33.2. The van der Waals surface area contributed by atoms with Crippen molar-refractivity contribution >= 4 is 10.1 Å². The van der Waals surface area contributed by atoms with Crippen molar-refractivity contribution in [1.82, 2.24) is 0 Å². The highest BCUT2D eigenvalue weighted by atomic mass is 32.2. The molecular formula is C15H21NO3S. The van der Waals surface area contributed by atoms with Crippen LogP contribution in [0.15, 0.2) is 42.2 Å². The van der Waals surface area contributed by atoms with Gasteiger partial charge in [-0.1, -0.05) is 31.6 Å². The van der Waals surface area contributed by atoms with Crippen molar-refractivity contribution in [3.63, 3.8) is 0 Å². The Hall–Kier alpha value is -1.20. The molecule has 1 aromatic rings. The number of aromatic nitrogens is 1. The van der Waals surface area contributed by atoms with E-state index in [0.29, 0.717) is 5.92 Å². The van der Waals surface area contributed by atoms with Crippen molar-refractivity contribution in [3.05, 3.63) is 42.2 Å². The van der Waals surface area contributed by atoms with Crippen molar-refractivity contribution in [2.45, 2.75) is 32.4 Å². The number of allylic oxidation sites excluding steroid dienone is 1. The van der Waals surface area contributed by atoms with Crippen LogP contribution in [0.5, 0.6) is 0 Å². The molecule has 0 unspecified atom stereocenters. The Morgan fingerprint density at radius 2 is 1.85 bits per heavy atom. The number of nitrogens with one attached hydrogen (secondary N) is 1. The standard InChI is InChI=1S/C10H16O3S.C5H5N/c1-6-4-9(14(11,12)13)8-5-7(6)10(8,2)3;1-2-4-6-5-3-1/h4,7-9H,5H2,1-3H3,(H,11,12,13);1-5H/t7-,8+,9+;/m1./s1. The van der Waals surface area contributed by atoms with Gasteiger partial charge in [0.25, 0.3) is 0 Å². The maximum atomic E-state index is 11.1. The highest BCUT2D eigenvalue weighted by Crippen LogP contribution is 2.60. The zero-order valence-corrected chi connectivity index (χ0v) is 12.9. The number of H-pyrrole nitrogens is 1. The van der Waals surface area contributed by atoms with Gasteiger partial charge in [0.15, 0.2) is 12.4 Å². The first kappa shape index (κ1) is 15.2. The molecule has 1 aromatic heterocycles. The van der Waals surface area contributed by atoms with Gasteiger partial charge in [-0.25, -0.2) is 13.4 Å². The molecule has 1 N–H and O–H groups in total. The summed E-state index contributed by atoms with van der Waals surface area (Å²) in [6.07, 6.45) is 6.27. The van der Waals surface area contributed by atoms with Crippen LogP contribution in [0.3, 0.4) is 0 Å². The molecule has 3 atom stereocenters. The van der Waals surface area contributed by atoms with E-state index in [4.69, 9.17) is 0 Å². The van der Waals surface area contributed by atoms with Gasteiger partial charge in [-0.2, -0.15) is 0 Å². The van der Waals surface area contributed by atoms with Crippen molar-refractivity contribution in [3.8, 4) is 0 Å². The highest BCUT2D eigenvalue weighted by Gasteiger charge is 2.55. The van der Waals surface area contributed by atoms with Crippen molar-refractivity contribution in [2.75, 3.05) is 0 Å². The Bertz CT molecular complexity index is 566. The maximum Gasteiger partial charge on any atom is 0.166 e. The van der Waals surface area contributed by atoms with Crippen LogP contribution >= 0.6 is 0 Å². The predicted octanol–water partition coefficient (Wildman–Crippen LogP) is 2.02. The lowest BCUT2D eigenvalue weighted by atomic mass is 9.49. The Labute approximate surface area is 120 Å². The molecule has 0 spiro atoms. The summed E-state index contributed by atoms with van der Waals surface area (Å²) >= 11 is 0. The molecule has 5 heteroatoms. The van der Waals surface area contributed by atoms with E-state index in [0.717, 1.165) is 12.0 Å². The lowest BCUT2D eigenvalue weighted by molar-refractivity contribution is -0.377. The van der Waals surface area contributed by atoms with Crippen LogP contribution < -0.4 is 4.98 Å². The van der Waals surface area contributed by atoms with Crippen LogP contribution in [-0.4, -0.2) is 18.2 Å². The smallest absolute Gasteiger partial charge is 0.166 e. The minimum atomic E-state index is -4.17. The average molecular weight is 295 g/mol. The summed E-state index contributed by atoms with van der Waals surface area (Å²) in [5, 5.41) is -0.789. The lowest BCUT2D eigenvalue weighted by Gasteiger charge is -2.59. The van der Waals surface area contributed by atoms with Crippen molar-refractivity contribution in [1.29, 1.82) is 0 Å². The fourth-order valence-corrected chi connectivity index (χ4v) is 4.65. The van der Waals surface area contributed by atoms with Crippen LogP contribution in [0.25, 0.3) is 0 Å². The fourth-order valence-electron chi connectivity index (χ4n) is 3.41. The summed E-state index contributed by atoms with van der Waals surface area (Å²) in [6, 6.07) is 5.86. The van der Waals surface area contributed by atoms with Gasteiger partial charge in [-0.3, -0.25) is 0 Å². The molecule has 3 aliphatic rings. The lowest BCUT2D eigenvalue weighted by Crippen LogP contribution is -2.55. The van der Waals surface area contributed by atoms with Crippen molar-refractivity contribution < 1.29 is 18.0 Å². The van der Waals surface area contributed by atoms with E-state index in [-0.39, 0.29) is 11.3 Å². The molecule has 4 rings (SSSR count). The Balaban J connectivity index is 0.000000205. The van der Waals surface area contributed by atoms with E-state index in [1.165, 1.54) is 0 Å². The van der Waals surface area contributed by atoms with Crippen molar-refractivity contribution in [2.24, 2.45) is 17.3 Å². The topological polar surface area (TPSA) is 71.3 Å². The predicted molar refractivity (Wildman–Crippen MR) is 75.6 cm³/mol. The second-order valence-electron chi connectivity index (χ2n) is 6.16. The quantitative estimate of drug-likeness (QED) is 0.588. The molecule has 20 heavy (non-hydrogen) atoms. The van der Waals surface area contributed by atoms with E-state index < -0.39 is 15.4 Å². The molecule has 0 saturated heterocycles. The molecule has 3 aliphatic carbocycles. The molecular weight excluding hydrogens is 274 g/mol. The average Bonchev–Trinajstić information content (AvgIpc) is 2.39. The monoisotopic (exact) mass is 295 g/mol. The van der Waals surface area contributed by atoms with E-state index in [2.05, 4.69) is 18.8 Å². The number of fused-ring (bicyclic) bond motifs is 1. The zero-order chi connectivity index (χ0) is 15.0. The first-order valence-electron chi connectivity index (χ1n) is 6.78. The van der Waals surface area contributed by atoms with Gasteiger partial charge >= 0.3 is 0 Å². The number of hydrogen-bond donors (Lipinski definition) is 0. The minimum absolute atomic E-state index is 0.0129. The Kier molecular flexibility index (Phi) is 4.02. The van der Waals surface area contributed by atoms with E-state index in [1.807, 2.05) is 37.5 Å². The largest absolute Gasteiger partial charge is 0.747 e. The first-order chi connectivity index (χ1) is 9.24. The van der Waals surface area contributed by atoms with E-state index >= 15 is 0 Å². The molecule has 110 valence electrons. The van der Waals surface area contributed by atoms with Gasteiger partial charge in [0.1, 0.15) is 10.1 Å². The van der Waals surface area contributed by atoms with Crippen LogP contribution in [0.2, 0.25) is 0 Å². The molecule has 0 aliphatic heterocycles. The first-order valence-corrected chi connectivity index (χ1v) is 8.26.